The minimum Gasteiger partial charge on any atom is -0.349 e. The van der Waals surface area contributed by atoms with Gasteiger partial charge in [-0.25, -0.2) is 4.39 Å². The lowest BCUT2D eigenvalue weighted by Crippen LogP contribution is -2.42. The van der Waals surface area contributed by atoms with E-state index in [9.17, 15) is 9.18 Å². The van der Waals surface area contributed by atoms with Crippen molar-refractivity contribution in [3.05, 3.63) is 45.9 Å². The largest absolute Gasteiger partial charge is 0.349 e. The highest BCUT2D eigenvalue weighted by Gasteiger charge is 2.19. The second-order valence-corrected chi connectivity index (χ2v) is 6.84. The van der Waals surface area contributed by atoms with Crippen molar-refractivity contribution in [2.75, 3.05) is 13.1 Å². The van der Waals surface area contributed by atoms with E-state index in [1.165, 1.54) is 23.5 Å². The maximum absolute atomic E-state index is 13.0. The Bertz CT molecular complexity index is 666. The molecule has 1 aliphatic rings. The first-order valence-corrected chi connectivity index (χ1v) is 8.33. The molecule has 124 valence electrons. The zero-order chi connectivity index (χ0) is 15.5. The molecule has 3 rings (SSSR count). The molecule has 1 saturated heterocycles. The molecule has 2 aromatic rings. The third kappa shape index (κ3) is 4.31. The van der Waals surface area contributed by atoms with E-state index >= 15 is 0 Å². The van der Waals surface area contributed by atoms with Crippen molar-refractivity contribution in [1.82, 2.24) is 10.6 Å². The number of rotatable bonds is 3. The summed E-state index contributed by atoms with van der Waals surface area (Å²) >= 11 is 1.49. The van der Waals surface area contributed by atoms with E-state index in [0.29, 0.717) is 0 Å². The van der Waals surface area contributed by atoms with Crippen molar-refractivity contribution < 1.29 is 9.18 Å². The minimum absolute atomic E-state index is 0. The number of carbonyl (C=O) groups excluding carboxylic acids is 1. The number of nitrogens with one attached hydrogen (secondary N) is 2. The van der Waals surface area contributed by atoms with Crippen molar-refractivity contribution in [1.29, 1.82) is 0 Å². The predicted octanol–water partition coefficient (Wildman–Crippen LogP) is 3.77. The molecule has 0 aliphatic carbocycles. The van der Waals surface area contributed by atoms with E-state index in [0.717, 1.165) is 46.8 Å². The van der Waals surface area contributed by atoms with Crippen LogP contribution in [-0.4, -0.2) is 25.0 Å². The fourth-order valence-corrected chi connectivity index (χ4v) is 3.68. The van der Waals surface area contributed by atoms with Gasteiger partial charge in [0.05, 0.1) is 4.88 Å². The van der Waals surface area contributed by atoms with Crippen LogP contribution < -0.4 is 10.6 Å². The van der Waals surface area contributed by atoms with Crippen LogP contribution in [0.15, 0.2) is 30.3 Å². The van der Waals surface area contributed by atoms with Crippen LogP contribution in [0.1, 0.15) is 27.4 Å². The van der Waals surface area contributed by atoms with Gasteiger partial charge in [-0.15, -0.1) is 23.7 Å². The van der Waals surface area contributed by atoms with Gasteiger partial charge in [0, 0.05) is 10.9 Å². The van der Waals surface area contributed by atoms with Gasteiger partial charge in [0.15, 0.2) is 0 Å². The van der Waals surface area contributed by atoms with Gasteiger partial charge in [0.25, 0.3) is 5.91 Å². The van der Waals surface area contributed by atoms with Gasteiger partial charge in [-0.2, -0.15) is 0 Å². The second-order valence-electron chi connectivity index (χ2n) is 5.59. The maximum Gasteiger partial charge on any atom is 0.261 e. The van der Waals surface area contributed by atoms with Crippen LogP contribution in [0.25, 0.3) is 11.1 Å². The van der Waals surface area contributed by atoms with Gasteiger partial charge < -0.3 is 10.6 Å². The second kappa shape index (κ2) is 7.90. The average molecular weight is 355 g/mol. The van der Waals surface area contributed by atoms with Gasteiger partial charge in [0.1, 0.15) is 5.82 Å². The lowest BCUT2D eigenvalue weighted by atomic mass is 10.1. The molecule has 3 nitrogen and oxygen atoms in total. The minimum atomic E-state index is -0.250. The van der Waals surface area contributed by atoms with E-state index in [4.69, 9.17) is 0 Å². The van der Waals surface area contributed by atoms with Gasteiger partial charge in [-0.1, -0.05) is 12.1 Å². The van der Waals surface area contributed by atoms with E-state index in [2.05, 4.69) is 10.6 Å². The van der Waals surface area contributed by atoms with Crippen LogP contribution in [0.4, 0.5) is 4.39 Å². The number of aryl methyl sites for hydroxylation is 1. The van der Waals surface area contributed by atoms with Crippen molar-refractivity contribution in [3.8, 4) is 11.1 Å². The molecule has 2 heterocycles. The third-order valence-corrected chi connectivity index (χ3v) is 5.02. The van der Waals surface area contributed by atoms with Crippen LogP contribution in [-0.2, 0) is 0 Å². The quantitative estimate of drug-likeness (QED) is 0.881. The Balaban J connectivity index is 0.00000192. The van der Waals surface area contributed by atoms with Crippen molar-refractivity contribution in [2.45, 2.75) is 25.8 Å². The number of carbonyl (C=O) groups is 1. The summed E-state index contributed by atoms with van der Waals surface area (Å²) in [7, 11) is 0. The zero-order valence-corrected chi connectivity index (χ0v) is 14.5. The third-order valence-electron chi connectivity index (χ3n) is 3.97. The summed E-state index contributed by atoms with van der Waals surface area (Å²) in [5.74, 6) is -0.256. The standard InChI is InChI=1S/C17H19FN2OS.ClH/c1-11-15(12-2-4-13(18)5-3-12)10-16(22-11)17(21)20-14-6-8-19-9-7-14;/h2-5,10,14,19H,6-9H2,1H3,(H,20,21);1H. The monoisotopic (exact) mass is 354 g/mol. The molecule has 1 aliphatic heterocycles. The number of hydrogen-bond acceptors (Lipinski definition) is 3. The predicted molar refractivity (Wildman–Crippen MR) is 95.1 cm³/mol. The van der Waals surface area contributed by atoms with Gasteiger partial charge in [-0.05, 0) is 62.2 Å². The number of piperidine rings is 1. The number of benzene rings is 1. The summed E-state index contributed by atoms with van der Waals surface area (Å²) in [6.07, 6.45) is 1.95. The number of thiophene rings is 1. The van der Waals surface area contributed by atoms with E-state index in [-0.39, 0.29) is 30.2 Å². The number of halogens is 2. The van der Waals surface area contributed by atoms with E-state index in [1.807, 2.05) is 13.0 Å². The van der Waals surface area contributed by atoms with Crippen molar-refractivity contribution >= 4 is 29.7 Å². The summed E-state index contributed by atoms with van der Waals surface area (Å²) in [5, 5.41) is 6.40. The summed E-state index contributed by atoms with van der Waals surface area (Å²) in [5.41, 5.74) is 1.94. The molecule has 1 aromatic heterocycles. The molecule has 0 spiro atoms. The van der Waals surface area contributed by atoms with Crippen LogP contribution in [0.3, 0.4) is 0 Å². The Morgan fingerprint density at radius 1 is 1.26 bits per heavy atom. The molecule has 1 aromatic carbocycles. The van der Waals surface area contributed by atoms with Crippen LogP contribution in [0.5, 0.6) is 0 Å². The first-order chi connectivity index (χ1) is 10.6. The fraction of sp³-hybridized carbons (Fsp3) is 0.353. The Labute approximate surface area is 145 Å². The normalized spacial score (nSPS) is 15.0. The molecule has 0 atom stereocenters. The lowest BCUT2D eigenvalue weighted by Gasteiger charge is -2.23. The maximum atomic E-state index is 13.0. The number of hydrogen-bond donors (Lipinski definition) is 2. The first-order valence-electron chi connectivity index (χ1n) is 7.51. The van der Waals surface area contributed by atoms with Gasteiger partial charge in [-0.3, -0.25) is 4.79 Å². The Morgan fingerprint density at radius 2 is 1.91 bits per heavy atom. The molecule has 0 unspecified atom stereocenters. The molecule has 2 N–H and O–H groups in total. The Hall–Kier alpha value is -1.43. The smallest absolute Gasteiger partial charge is 0.261 e. The van der Waals surface area contributed by atoms with Gasteiger partial charge in [0.2, 0.25) is 0 Å². The molecule has 0 bridgehead atoms. The van der Waals surface area contributed by atoms with Gasteiger partial charge >= 0.3 is 0 Å². The van der Waals surface area contributed by atoms with E-state index in [1.54, 1.807) is 12.1 Å². The molecule has 0 saturated carbocycles. The Kier molecular flexibility index (Phi) is 6.16. The van der Waals surface area contributed by atoms with Crippen molar-refractivity contribution in [2.24, 2.45) is 0 Å². The van der Waals surface area contributed by atoms with Crippen LogP contribution >= 0.6 is 23.7 Å². The highest BCUT2D eigenvalue weighted by Crippen LogP contribution is 2.31. The molecular weight excluding hydrogens is 335 g/mol. The topological polar surface area (TPSA) is 41.1 Å². The highest BCUT2D eigenvalue weighted by atomic mass is 35.5. The molecule has 6 heteroatoms. The number of amides is 1. The summed E-state index contributed by atoms with van der Waals surface area (Å²) in [4.78, 5) is 14.2. The SMILES string of the molecule is Cc1sc(C(=O)NC2CCNCC2)cc1-c1ccc(F)cc1.Cl. The van der Waals surface area contributed by atoms with E-state index < -0.39 is 0 Å². The van der Waals surface area contributed by atoms with Crippen LogP contribution in [0.2, 0.25) is 0 Å². The highest BCUT2D eigenvalue weighted by molar-refractivity contribution is 7.14. The zero-order valence-electron chi connectivity index (χ0n) is 12.9. The molecule has 1 fully saturated rings. The lowest BCUT2D eigenvalue weighted by molar-refractivity contribution is 0.0933. The summed E-state index contributed by atoms with van der Waals surface area (Å²) in [6, 6.07) is 8.55. The molecule has 1 amide bonds. The molecular formula is C17H20ClFN2OS. The first kappa shape index (κ1) is 17.9. The molecule has 0 radical (unpaired) electrons. The van der Waals surface area contributed by atoms with Crippen LogP contribution in [0, 0.1) is 12.7 Å². The summed E-state index contributed by atoms with van der Waals surface area (Å²) in [6.45, 7) is 3.90. The summed E-state index contributed by atoms with van der Waals surface area (Å²) < 4.78 is 13.0. The molecule has 23 heavy (non-hydrogen) atoms. The Morgan fingerprint density at radius 3 is 2.57 bits per heavy atom. The van der Waals surface area contributed by atoms with Crippen molar-refractivity contribution in [3.63, 3.8) is 0 Å². The average Bonchev–Trinajstić information content (AvgIpc) is 2.91. The fourth-order valence-electron chi connectivity index (χ4n) is 2.73.